The first-order chi connectivity index (χ1) is 11.3. The number of hydrogen-bond donors (Lipinski definition) is 1. The highest BCUT2D eigenvalue weighted by Gasteiger charge is 2.24. The summed E-state index contributed by atoms with van der Waals surface area (Å²) in [4.78, 5) is 6.68. The second-order valence-electron chi connectivity index (χ2n) is 5.88. The van der Waals surface area contributed by atoms with Crippen LogP contribution in [0.3, 0.4) is 0 Å². The van der Waals surface area contributed by atoms with Gasteiger partial charge < -0.3 is 19.1 Å². The van der Waals surface area contributed by atoms with Crippen molar-refractivity contribution in [1.29, 1.82) is 0 Å². The number of aromatic nitrogens is 2. The number of aliphatic hydroxyl groups excluding tert-OH is 1. The zero-order valence-electron chi connectivity index (χ0n) is 12.8. The molecule has 0 amide bonds. The fourth-order valence-corrected chi connectivity index (χ4v) is 3.12. The molecule has 4 rings (SSSR count). The smallest absolute Gasteiger partial charge is 0.241 e. The molecule has 2 aliphatic heterocycles. The number of piperidine rings is 1. The summed E-state index contributed by atoms with van der Waals surface area (Å²) < 4.78 is 16.1. The quantitative estimate of drug-likeness (QED) is 0.921. The molecule has 0 spiro atoms. The Balaban J connectivity index is 1.50. The Morgan fingerprint density at radius 2 is 2.13 bits per heavy atom. The normalized spacial score (nSPS) is 20.8. The zero-order chi connectivity index (χ0) is 15.6. The molecule has 7 nitrogen and oxygen atoms in total. The van der Waals surface area contributed by atoms with E-state index in [4.69, 9.17) is 14.0 Å². The van der Waals surface area contributed by atoms with Crippen LogP contribution < -0.4 is 9.47 Å². The summed E-state index contributed by atoms with van der Waals surface area (Å²) in [7, 11) is 0. The van der Waals surface area contributed by atoms with Gasteiger partial charge in [-0.05, 0) is 37.6 Å². The molecule has 122 valence electrons. The number of benzene rings is 1. The van der Waals surface area contributed by atoms with E-state index < -0.39 is 0 Å². The number of nitrogens with zero attached hydrogens (tertiary/aromatic N) is 3. The van der Waals surface area contributed by atoms with Crippen LogP contribution in [-0.4, -0.2) is 46.1 Å². The summed E-state index contributed by atoms with van der Waals surface area (Å²) >= 11 is 0. The third kappa shape index (κ3) is 2.89. The predicted octanol–water partition coefficient (Wildman–Crippen LogP) is 1.81. The molecule has 0 aliphatic carbocycles. The van der Waals surface area contributed by atoms with Crippen LogP contribution in [0.5, 0.6) is 11.5 Å². The van der Waals surface area contributed by atoms with Crippen molar-refractivity contribution in [2.24, 2.45) is 0 Å². The van der Waals surface area contributed by atoms with Gasteiger partial charge in [-0.15, -0.1) is 0 Å². The van der Waals surface area contributed by atoms with E-state index in [1.54, 1.807) is 0 Å². The van der Waals surface area contributed by atoms with Gasteiger partial charge in [0.25, 0.3) is 0 Å². The molecule has 3 heterocycles. The van der Waals surface area contributed by atoms with Gasteiger partial charge in [0.15, 0.2) is 11.5 Å². The molecule has 2 aromatic rings. The Labute approximate surface area is 133 Å². The maximum absolute atomic E-state index is 9.48. The maximum atomic E-state index is 9.48. The molecule has 1 atom stereocenters. The van der Waals surface area contributed by atoms with E-state index in [0.717, 1.165) is 37.1 Å². The standard InChI is InChI=1S/C16H19N3O4/c20-9-12-3-1-2-6-19(12)8-15-17-16(18-23-15)11-4-5-13-14(7-11)22-10-21-13/h4-5,7,12,20H,1-3,6,8-10H2. The lowest BCUT2D eigenvalue weighted by Crippen LogP contribution is -2.41. The largest absolute Gasteiger partial charge is 0.454 e. The van der Waals surface area contributed by atoms with Gasteiger partial charge >= 0.3 is 0 Å². The van der Waals surface area contributed by atoms with Crippen molar-refractivity contribution in [3.63, 3.8) is 0 Å². The average molecular weight is 317 g/mol. The Morgan fingerprint density at radius 3 is 3.04 bits per heavy atom. The van der Waals surface area contributed by atoms with Gasteiger partial charge in [-0.1, -0.05) is 11.6 Å². The summed E-state index contributed by atoms with van der Waals surface area (Å²) in [5, 5.41) is 13.5. The molecule has 1 unspecified atom stereocenters. The summed E-state index contributed by atoms with van der Waals surface area (Å²) in [6.45, 7) is 1.94. The van der Waals surface area contributed by atoms with E-state index in [9.17, 15) is 5.11 Å². The van der Waals surface area contributed by atoms with E-state index >= 15 is 0 Å². The molecule has 1 N–H and O–H groups in total. The van der Waals surface area contributed by atoms with Crippen molar-refractivity contribution >= 4 is 0 Å². The number of aliphatic hydroxyl groups is 1. The second-order valence-corrected chi connectivity index (χ2v) is 5.88. The Kier molecular flexibility index (Phi) is 3.88. The first-order valence-corrected chi connectivity index (χ1v) is 7.91. The number of rotatable bonds is 4. The third-order valence-electron chi connectivity index (χ3n) is 4.40. The monoisotopic (exact) mass is 317 g/mol. The minimum Gasteiger partial charge on any atom is -0.454 e. The van der Waals surface area contributed by atoms with E-state index in [0.29, 0.717) is 24.0 Å². The highest BCUT2D eigenvalue weighted by molar-refractivity contribution is 5.61. The molecular weight excluding hydrogens is 298 g/mol. The van der Waals surface area contributed by atoms with E-state index in [1.165, 1.54) is 0 Å². The summed E-state index contributed by atoms with van der Waals surface area (Å²) in [5.41, 5.74) is 0.835. The van der Waals surface area contributed by atoms with E-state index in [1.807, 2.05) is 18.2 Å². The van der Waals surface area contributed by atoms with Crippen LogP contribution in [0.2, 0.25) is 0 Å². The lowest BCUT2D eigenvalue weighted by atomic mass is 10.0. The predicted molar refractivity (Wildman–Crippen MR) is 81.0 cm³/mol. The van der Waals surface area contributed by atoms with Crippen LogP contribution in [0.4, 0.5) is 0 Å². The zero-order valence-corrected chi connectivity index (χ0v) is 12.8. The first-order valence-electron chi connectivity index (χ1n) is 7.91. The van der Waals surface area contributed by atoms with E-state index in [-0.39, 0.29) is 19.4 Å². The minimum atomic E-state index is 0.170. The maximum Gasteiger partial charge on any atom is 0.241 e. The minimum absolute atomic E-state index is 0.170. The number of fused-ring (bicyclic) bond motifs is 1. The molecule has 7 heteroatoms. The second kappa shape index (κ2) is 6.17. The van der Waals surface area contributed by atoms with Gasteiger partial charge in [0.05, 0.1) is 13.2 Å². The van der Waals surface area contributed by atoms with Crippen LogP contribution in [0, 0.1) is 0 Å². The molecule has 0 saturated carbocycles. The van der Waals surface area contributed by atoms with Crippen molar-refractivity contribution in [3.8, 4) is 22.9 Å². The van der Waals surface area contributed by atoms with Gasteiger partial charge in [-0.3, -0.25) is 4.90 Å². The highest BCUT2D eigenvalue weighted by atomic mass is 16.7. The third-order valence-corrected chi connectivity index (χ3v) is 4.40. The fourth-order valence-electron chi connectivity index (χ4n) is 3.12. The Hall–Kier alpha value is -2.12. The Morgan fingerprint density at radius 1 is 1.22 bits per heavy atom. The van der Waals surface area contributed by atoms with E-state index in [2.05, 4.69) is 15.0 Å². The molecule has 1 fully saturated rings. The van der Waals surface area contributed by atoms with Gasteiger partial charge in [-0.25, -0.2) is 0 Å². The van der Waals surface area contributed by atoms with Crippen molar-refractivity contribution in [3.05, 3.63) is 24.1 Å². The molecule has 1 aromatic heterocycles. The van der Waals surface area contributed by atoms with Gasteiger partial charge in [0, 0.05) is 11.6 Å². The lowest BCUT2D eigenvalue weighted by molar-refractivity contribution is 0.0749. The van der Waals surface area contributed by atoms with Crippen molar-refractivity contribution in [2.45, 2.75) is 31.8 Å². The van der Waals surface area contributed by atoms with Crippen LogP contribution in [0.15, 0.2) is 22.7 Å². The number of likely N-dealkylation sites (tertiary alicyclic amines) is 1. The van der Waals surface area contributed by atoms with Crippen molar-refractivity contribution < 1.29 is 19.1 Å². The molecule has 2 aliphatic rings. The van der Waals surface area contributed by atoms with Crippen molar-refractivity contribution in [2.75, 3.05) is 19.9 Å². The molecule has 0 bridgehead atoms. The van der Waals surface area contributed by atoms with Crippen LogP contribution in [0.25, 0.3) is 11.4 Å². The first kappa shape index (κ1) is 14.5. The topological polar surface area (TPSA) is 80.9 Å². The molecule has 23 heavy (non-hydrogen) atoms. The van der Waals surface area contributed by atoms with Gasteiger partial charge in [-0.2, -0.15) is 4.98 Å². The average Bonchev–Trinajstić information content (AvgIpc) is 3.23. The fraction of sp³-hybridized carbons (Fsp3) is 0.500. The van der Waals surface area contributed by atoms with Gasteiger partial charge in [0.1, 0.15) is 0 Å². The van der Waals surface area contributed by atoms with Crippen molar-refractivity contribution in [1.82, 2.24) is 15.0 Å². The summed E-state index contributed by atoms with van der Waals surface area (Å²) in [6.07, 6.45) is 3.31. The van der Waals surface area contributed by atoms with Crippen LogP contribution in [-0.2, 0) is 6.54 Å². The van der Waals surface area contributed by atoms with Crippen LogP contribution >= 0.6 is 0 Å². The number of hydrogen-bond acceptors (Lipinski definition) is 7. The number of ether oxygens (including phenoxy) is 2. The van der Waals surface area contributed by atoms with Gasteiger partial charge in [0.2, 0.25) is 18.5 Å². The molecule has 0 radical (unpaired) electrons. The molecular formula is C16H19N3O4. The highest BCUT2D eigenvalue weighted by Crippen LogP contribution is 2.35. The van der Waals surface area contributed by atoms with Crippen LogP contribution in [0.1, 0.15) is 25.2 Å². The molecule has 1 aromatic carbocycles. The molecule has 1 saturated heterocycles. The Bertz CT molecular complexity index is 688. The summed E-state index contributed by atoms with van der Waals surface area (Å²) in [5.74, 6) is 2.54. The SMILES string of the molecule is OCC1CCCCN1Cc1nc(-c2ccc3c(c2)OCO3)no1. The lowest BCUT2D eigenvalue weighted by Gasteiger charge is -2.33. The summed E-state index contributed by atoms with van der Waals surface area (Å²) in [6, 6.07) is 5.78.